The molecule has 0 fully saturated rings. The monoisotopic (exact) mass is 365 g/mol. The van der Waals surface area contributed by atoms with Crippen LogP contribution in [0.5, 0.6) is 0 Å². The molecule has 1 amide bonds. The molecular formula is C17H17BrClNO. The van der Waals surface area contributed by atoms with Crippen LogP contribution < -0.4 is 5.32 Å². The van der Waals surface area contributed by atoms with Gasteiger partial charge < -0.3 is 5.32 Å². The summed E-state index contributed by atoms with van der Waals surface area (Å²) in [7, 11) is 0. The van der Waals surface area contributed by atoms with Crippen molar-refractivity contribution in [2.24, 2.45) is 0 Å². The van der Waals surface area contributed by atoms with Gasteiger partial charge in [0.15, 0.2) is 0 Å². The van der Waals surface area contributed by atoms with Crippen molar-refractivity contribution in [3.8, 4) is 0 Å². The van der Waals surface area contributed by atoms with E-state index in [2.05, 4.69) is 27.3 Å². The molecule has 0 radical (unpaired) electrons. The molecule has 2 nitrogen and oxygen atoms in total. The van der Waals surface area contributed by atoms with Crippen LogP contribution in [0.3, 0.4) is 0 Å². The Balaban J connectivity index is 2.14. The first-order valence-corrected chi connectivity index (χ1v) is 8.33. The van der Waals surface area contributed by atoms with Crippen LogP contribution in [0.15, 0.2) is 42.5 Å². The molecule has 0 aliphatic rings. The highest BCUT2D eigenvalue weighted by Gasteiger charge is 2.11. The average molecular weight is 367 g/mol. The lowest BCUT2D eigenvalue weighted by atomic mass is 10.1. The Morgan fingerprint density at radius 3 is 2.76 bits per heavy atom. The second-order valence-electron chi connectivity index (χ2n) is 4.88. The highest BCUT2D eigenvalue weighted by Crippen LogP contribution is 2.22. The van der Waals surface area contributed by atoms with E-state index in [9.17, 15) is 4.79 Å². The fourth-order valence-corrected chi connectivity index (χ4v) is 2.59. The molecule has 0 aromatic heterocycles. The van der Waals surface area contributed by atoms with Gasteiger partial charge in [-0.3, -0.25) is 4.79 Å². The number of anilines is 1. The summed E-state index contributed by atoms with van der Waals surface area (Å²) in [4.78, 5) is 12.3. The van der Waals surface area contributed by atoms with Gasteiger partial charge in [0.1, 0.15) is 0 Å². The van der Waals surface area contributed by atoms with Crippen LogP contribution in [0, 0.1) is 6.92 Å². The van der Waals surface area contributed by atoms with Gasteiger partial charge in [0.25, 0.3) is 5.91 Å². The number of benzene rings is 2. The standard InChI is InChI=1S/C17H17BrClNO/c1-12-5-2-9-15(16(12)19)17(21)20-14-8-3-6-13(11-14)7-4-10-18/h2-3,5-6,8-9,11H,4,7,10H2,1H3,(H,20,21). The van der Waals surface area contributed by atoms with Crippen molar-refractivity contribution >= 4 is 39.1 Å². The molecule has 2 rings (SSSR count). The maximum Gasteiger partial charge on any atom is 0.257 e. The molecule has 0 spiro atoms. The maximum absolute atomic E-state index is 12.3. The normalized spacial score (nSPS) is 10.4. The predicted octanol–water partition coefficient (Wildman–Crippen LogP) is 5.23. The number of aryl methyl sites for hydroxylation is 2. The second kappa shape index (κ2) is 7.62. The van der Waals surface area contributed by atoms with E-state index in [1.807, 2.05) is 37.3 Å². The molecule has 2 aromatic rings. The molecule has 2 aromatic carbocycles. The zero-order valence-corrected chi connectivity index (χ0v) is 14.2. The summed E-state index contributed by atoms with van der Waals surface area (Å²) < 4.78 is 0. The molecule has 0 saturated heterocycles. The van der Waals surface area contributed by atoms with Gasteiger partial charge in [0.05, 0.1) is 10.6 Å². The SMILES string of the molecule is Cc1cccc(C(=O)Nc2cccc(CCCBr)c2)c1Cl. The van der Waals surface area contributed by atoms with Crippen molar-refractivity contribution in [2.75, 3.05) is 10.6 Å². The van der Waals surface area contributed by atoms with Crippen molar-refractivity contribution in [3.05, 3.63) is 64.2 Å². The second-order valence-corrected chi connectivity index (χ2v) is 6.05. The summed E-state index contributed by atoms with van der Waals surface area (Å²) in [6, 6.07) is 13.4. The van der Waals surface area contributed by atoms with Gasteiger partial charge in [0, 0.05) is 11.0 Å². The summed E-state index contributed by atoms with van der Waals surface area (Å²) in [6.45, 7) is 1.89. The van der Waals surface area contributed by atoms with E-state index >= 15 is 0 Å². The Bertz CT molecular complexity index is 642. The van der Waals surface area contributed by atoms with Crippen LogP contribution in [0.2, 0.25) is 5.02 Å². The molecule has 1 N–H and O–H groups in total. The van der Waals surface area contributed by atoms with Crippen molar-refractivity contribution in [2.45, 2.75) is 19.8 Å². The fraction of sp³-hybridized carbons (Fsp3) is 0.235. The minimum absolute atomic E-state index is 0.179. The van der Waals surface area contributed by atoms with Gasteiger partial charge in [-0.05, 0) is 49.1 Å². The smallest absolute Gasteiger partial charge is 0.257 e. The van der Waals surface area contributed by atoms with Gasteiger partial charge in [-0.25, -0.2) is 0 Å². The molecule has 0 heterocycles. The highest BCUT2D eigenvalue weighted by molar-refractivity contribution is 9.09. The number of rotatable bonds is 5. The zero-order valence-electron chi connectivity index (χ0n) is 11.8. The van der Waals surface area contributed by atoms with Crippen LogP contribution in [-0.4, -0.2) is 11.2 Å². The van der Waals surface area contributed by atoms with Crippen LogP contribution in [0.4, 0.5) is 5.69 Å². The lowest BCUT2D eigenvalue weighted by Gasteiger charge is -2.09. The number of carbonyl (C=O) groups is 1. The van der Waals surface area contributed by atoms with Crippen molar-refractivity contribution in [1.29, 1.82) is 0 Å². The largest absolute Gasteiger partial charge is 0.322 e. The average Bonchev–Trinajstić information content (AvgIpc) is 2.48. The summed E-state index contributed by atoms with van der Waals surface area (Å²) in [5.74, 6) is -0.179. The minimum atomic E-state index is -0.179. The van der Waals surface area contributed by atoms with E-state index in [0.29, 0.717) is 10.6 Å². The zero-order chi connectivity index (χ0) is 15.2. The molecule has 0 saturated carbocycles. The first-order chi connectivity index (χ1) is 10.1. The number of halogens is 2. The van der Waals surface area contributed by atoms with Gasteiger partial charge in [-0.2, -0.15) is 0 Å². The molecule has 0 atom stereocenters. The fourth-order valence-electron chi connectivity index (χ4n) is 2.10. The highest BCUT2D eigenvalue weighted by atomic mass is 79.9. The van der Waals surface area contributed by atoms with E-state index in [1.54, 1.807) is 6.07 Å². The van der Waals surface area contributed by atoms with Gasteiger partial charge in [0.2, 0.25) is 0 Å². The summed E-state index contributed by atoms with van der Waals surface area (Å²) in [5, 5.41) is 4.39. The number of amides is 1. The van der Waals surface area contributed by atoms with Gasteiger partial charge in [-0.1, -0.05) is 51.8 Å². The molecule has 110 valence electrons. The summed E-state index contributed by atoms with van der Waals surface area (Å²) in [5.41, 5.74) is 3.41. The van der Waals surface area contributed by atoms with E-state index in [-0.39, 0.29) is 5.91 Å². The number of hydrogen-bond donors (Lipinski definition) is 1. The van der Waals surface area contributed by atoms with E-state index < -0.39 is 0 Å². The van der Waals surface area contributed by atoms with Crippen molar-refractivity contribution < 1.29 is 4.79 Å². The third kappa shape index (κ3) is 4.32. The van der Waals surface area contributed by atoms with Crippen LogP contribution >= 0.6 is 27.5 Å². The molecular weight excluding hydrogens is 350 g/mol. The molecule has 0 bridgehead atoms. The molecule has 0 aliphatic carbocycles. The predicted molar refractivity (Wildman–Crippen MR) is 92.7 cm³/mol. The molecule has 21 heavy (non-hydrogen) atoms. The number of carbonyl (C=O) groups excluding carboxylic acids is 1. The molecule has 0 unspecified atom stereocenters. The Kier molecular flexibility index (Phi) is 5.83. The van der Waals surface area contributed by atoms with Crippen molar-refractivity contribution in [3.63, 3.8) is 0 Å². The number of alkyl halides is 1. The Hall–Kier alpha value is -1.32. The van der Waals surface area contributed by atoms with Crippen LogP contribution in [0.1, 0.15) is 27.9 Å². The third-order valence-electron chi connectivity index (χ3n) is 3.22. The van der Waals surface area contributed by atoms with Crippen LogP contribution in [0.25, 0.3) is 0 Å². The topological polar surface area (TPSA) is 29.1 Å². The Morgan fingerprint density at radius 2 is 2.00 bits per heavy atom. The Labute approximate surface area is 138 Å². The first-order valence-electron chi connectivity index (χ1n) is 6.83. The van der Waals surface area contributed by atoms with E-state index in [1.165, 1.54) is 5.56 Å². The summed E-state index contributed by atoms with van der Waals surface area (Å²) in [6.07, 6.45) is 2.06. The third-order valence-corrected chi connectivity index (χ3v) is 4.28. The maximum atomic E-state index is 12.3. The summed E-state index contributed by atoms with van der Waals surface area (Å²) >= 11 is 9.61. The molecule has 0 aliphatic heterocycles. The molecule has 4 heteroatoms. The van der Waals surface area contributed by atoms with Crippen molar-refractivity contribution in [1.82, 2.24) is 0 Å². The lowest BCUT2D eigenvalue weighted by molar-refractivity contribution is 0.102. The van der Waals surface area contributed by atoms with E-state index in [0.717, 1.165) is 29.4 Å². The quantitative estimate of drug-likeness (QED) is 0.721. The van der Waals surface area contributed by atoms with Crippen LogP contribution in [-0.2, 0) is 6.42 Å². The van der Waals surface area contributed by atoms with E-state index in [4.69, 9.17) is 11.6 Å². The van der Waals surface area contributed by atoms with Gasteiger partial charge >= 0.3 is 0 Å². The first kappa shape index (κ1) is 16.1. The van der Waals surface area contributed by atoms with Gasteiger partial charge in [-0.15, -0.1) is 0 Å². The lowest BCUT2D eigenvalue weighted by Crippen LogP contribution is -2.13. The Morgan fingerprint density at radius 1 is 1.24 bits per heavy atom. The number of hydrogen-bond acceptors (Lipinski definition) is 1. The minimum Gasteiger partial charge on any atom is -0.322 e. The number of nitrogens with one attached hydrogen (secondary N) is 1.